The summed E-state index contributed by atoms with van der Waals surface area (Å²) in [5.41, 5.74) is 7.40. The summed E-state index contributed by atoms with van der Waals surface area (Å²) < 4.78 is 0. The van der Waals surface area contributed by atoms with Crippen LogP contribution in [0.15, 0.2) is 30.3 Å². The van der Waals surface area contributed by atoms with Crippen molar-refractivity contribution >= 4 is 5.69 Å². The monoisotopic (exact) mass is 121 g/mol. The van der Waals surface area contributed by atoms with Gasteiger partial charge in [-0.25, -0.2) is 11.4 Å². The van der Waals surface area contributed by atoms with Crippen molar-refractivity contribution in [1.29, 1.82) is 5.53 Å². The molecular weight excluding hydrogens is 114 g/mol. The van der Waals surface area contributed by atoms with Crippen LogP contribution in [0, 0.1) is 5.53 Å². The number of nitrogens with zero attached hydrogens (tertiary/aromatic N) is 1. The number of nitrogens with one attached hydrogen (secondary N) is 2. The van der Waals surface area contributed by atoms with Crippen molar-refractivity contribution in [2.24, 2.45) is 0 Å². The van der Waals surface area contributed by atoms with Crippen LogP contribution in [0.25, 0.3) is 5.84 Å². The molecule has 0 radical (unpaired) electrons. The van der Waals surface area contributed by atoms with Crippen LogP contribution in [0.4, 0.5) is 5.69 Å². The topological polar surface area (TPSA) is 50.7 Å². The third-order valence-electron chi connectivity index (χ3n) is 1.01. The van der Waals surface area contributed by atoms with Gasteiger partial charge in [0.15, 0.2) is 0 Å². The molecule has 0 bridgehead atoms. The Morgan fingerprint density at radius 2 is 1.78 bits per heavy atom. The Labute approximate surface area is 53.2 Å². The quantitative estimate of drug-likeness (QED) is 0.337. The van der Waals surface area contributed by atoms with Gasteiger partial charge in [-0.15, -0.1) is 4.81 Å². The van der Waals surface area contributed by atoms with E-state index < -0.39 is 0 Å². The Kier molecular flexibility index (Phi) is 1.44. The van der Waals surface area contributed by atoms with Gasteiger partial charge in [0.2, 0.25) is 5.69 Å². The molecule has 1 aromatic rings. The molecule has 0 heterocycles. The zero-order valence-corrected chi connectivity index (χ0v) is 4.83. The summed E-state index contributed by atoms with van der Waals surface area (Å²) in [6.07, 6.45) is 0. The van der Waals surface area contributed by atoms with Gasteiger partial charge in [-0.2, -0.15) is 0 Å². The molecule has 0 aliphatic carbocycles. The zero-order valence-electron chi connectivity index (χ0n) is 4.83. The van der Waals surface area contributed by atoms with Crippen molar-refractivity contribution in [3.05, 3.63) is 36.2 Å². The average molecular weight is 121 g/mol. The largest absolute Gasteiger partial charge is 0.229 e. The van der Waals surface area contributed by atoms with E-state index in [0.717, 1.165) is 0 Å². The molecule has 2 N–H and O–H groups in total. The number of hydrogen-bond acceptors (Lipinski definition) is 1. The van der Waals surface area contributed by atoms with Gasteiger partial charge in [0, 0.05) is 12.1 Å². The summed E-state index contributed by atoms with van der Waals surface area (Å²) in [4.78, 5) is 0.583. The van der Waals surface area contributed by atoms with E-state index in [1.165, 1.54) is 0 Å². The lowest BCUT2D eigenvalue weighted by Gasteiger charge is -1.91. The molecule has 3 heteroatoms. The van der Waals surface area contributed by atoms with E-state index in [0.29, 0.717) is 10.5 Å². The molecule has 0 aliphatic heterocycles. The Balaban J connectivity index is 2.98. The summed E-state index contributed by atoms with van der Waals surface area (Å²) in [5, 5.41) is 0. The second-order valence-corrected chi connectivity index (χ2v) is 1.67. The molecule has 0 aromatic heterocycles. The lowest BCUT2D eigenvalue weighted by atomic mass is 10.3. The summed E-state index contributed by atoms with van der Waals surface area (Å²) >= 11 is 0. The Hall–Kier alpha value is -1.38. The molecule has 0 fully saturated rings. The molecule has 46 valence electrons. The highest BCUT2D eigenvalue weighted by molar-refractivity contribution is 5.27. The molecule has 0 saturated carbocycles. The minimum Gasteiger partial charge on any atom is -0.229 e. The summed E-state index contributed by atoms with van der Waals surface area (Å²) in [6, 6.07) is 8.86. The number of rotatable bonds is 1. The van der Waals surface area contributed by atoms with Crippen LogP contribution in [0.5, 0.6) is 0 Å². The first-order valence-electron chi connectivity index (χ1n) is 2.58. The molecule has 0 saturated heterocycles. The molecule has 9 heavy (non-hydrogen) atoms. The number of hydrogen-bond donors (Lipinski definition) is 1. The molecule has 0 atom stereocenters. The van der Waals surface area contributed by atoms with E-state index in [2.05, 4.69) is 0 Å². The maximum Gasteiger partial charge on any atom is 0.224 e. The van der Waals surface area contributed by atoms with Crippen LogP contribution >= 0.6 is 0 Å². The number of para-hydroxylation sites is 1. The van der Waals surface area contributed by atoms with Crippen molar-refractivity contribution in [1.82, 2.24) is 0 Å². The Morgan fingerprint density at radius 1 is 1.22 bits per heavy atom. The zero-order chi connectivity index (χ0) is 6.69. The fraction of sp³-hybridized carbons (Fsp3) is 0. The SMILES string of the molecule is N=[N+]([NH-])c1ccccc1. The third kappa shape index (κ3) is 1.25. The normalized spacial score (nSPS) is 8.89. The summed E-state index contributed by atoms with van der Waals surface area (Å²) in [6.45, 7) is 0. The second-order valence-electron chi connectivity index (χ2n) is 1.67. The minimum atomic E-state index is 0.581. The average Bonchev–Trinajstić information content (AvgIpc) is 1.90. The van der Waals surface area contributed by atoms with Gasteiger partial charge < -0.3 is 0 Å². The van der Waals surface area contributed by atoms with Crippen LogP contribution in [0.2, 0.25) is 0 Å². The van der Waals surface area contributed by atoms with E-state index in [1.54, 1.807) is 24.3 Å². The molecule has 1 aromatic carbocycles. The third-order valence-corrected chi connectivity index (χ3v) is 1.01. The first kappa shape index (κ1) is 5.75. The highest BCUT2D eigenvalue weighted by Crippen LogP contribution is 2.07. The van der Waals surface area contributed by atoms with Crippen molar-refractivity contribution < 1.29 is 4.81 Å². The summed E-state index contributed by atoms with van der Waals surface area (Å²) in [7, 11) is 0. The van der Waals surface area contributed by atoms with Crippen molar-refractivity contribution in [3.63, 3.8) is 0 Å². The fourth-order valence-corrected chi connectivity index (χ4v) is 0.577. The standard InChI is InChI=1S/C6H7N3/c7-9(8)6-4-2-1-3-5-6/h1-5,7-8H. The minimum absolute atomic E-state index is 0.581. The van der Waals surface area contributed by atoms with Gasteiger partial charge in [-0.1, -0.05) is 18.2 Å². The Morgan fingerprint density at radius 3 is 2.11 bits per heavy atom. The first-order valence-corrected chi connectivity index (χ1v) is 2.58. The van der Waals surface area contributed by atoms with Crippen molar-refractivity contribution in [2.75, 3.05) is 0 Å². The van der Waals surface area contributed by atoms with Crippen LogP contribution in [0.1, 0.15) is 0 Å². The van der Waals surface area contributed by atoms with E-state index in [-0.39, 0.29) is 0 Å². The first-order chi connectivity index (χ1) is 4.30. The van der Waals surface area contributed by atoms with Crippen LogP contribution < -0.4 is 0 Å². The fourth-order valence-electron chi connectivity index (χ4n) is 0.577. The van der Waals surface area contributed by atoms with E-state index >= 15 is 0 Å². The second kappa shape index (κ2) is 2.26. The summed E-state index contributed by atoms with van der Waals surface area (Å²) in [5.74, 6) is 6.82. The van der Waals surface area contributed by atoms with Crippen LogP contribution in [-0.4, -0.2) is 4.81 Å². The molecule has 0 unspecified atom stereocenters. The predicted molar refractivity (Wildman–Crippen MR) is 33.4 cm³/mol. The maximum atomic E-state index is 6.82. The van der Waals surface area contributed by atoms with Crippen LogP contribution in [0.3, 0.4) is 0 Å². The lowest BCUT2D eigenvalue weighted by Crippen LogP contribution is -1.81. The van der Waals surface area contributed by atoms with E-state index in [4.69, 9.17) is 11.4 Å². The van der Waals surface area contributed by atoms with Gasteiger partial charge in [0.25, 0.3) is 0 Å². The highest BCUT2D eigenvalue weighted by Gasteiger charge is 1.92. The predicted octanol–water partition coefficient (Wildman–Crippen LogP) is 2.33. The van der Waals surface area contributed by atoms with Gasteiger partial charge in [-0.3, -0.25) is 0 Å². The van der Waals surface area contributed by atoms with Gasteiger partial charge in [0.05, 0.1) is 0 Å². The Bertz CT molecular complexity index is 205. The molecule has 3 nitrogen and oxygen atoms in total. The smallest absolute Gasteiger partial charge is 0.224 e. The maximum absolute atomic E-state index is 6.82. The van der Waals surface area contributed by atoms with E-state index in [1.807, 2.05) is 6.07 Å². The number of benzene rings is 1. The van der Waals surface area contributed by atoms with Gasteiger partial charge >= 0.3 is 0 Å². The van der Waals surface area contributed by atoms with Gasteiger partial charge in [0.1, 0.15) is 0 Å². The molecule has 0 amide bonds. The van der Waals surface area contributed by atoms with Crippen LogP contribution in [-0.2, 0) is 0 Å². The van der Waals surface area contributed by atoms with Crippen molar-refractivity contribution in [3.8, 4) is 0 Å². The van der Waals surface area contributed by atoms with Gasteiger partial charge in [-0.05, 0) is 0 Å². The highest BCUT2D eigenvalue weighted by atomic mass is 15.4. The molecular formula is C6H7N3. The molecule has 0 spiro atoms. The molecule has 0 aliphatic rings. The molecule has 1 rings (SSSR count). The van der Waals surface area contributed by atoms with Crippen molar-refractivity contribution in [2.45, 2.75) is 0 Å². The lowest BCUT2D eigenvalue weighted by molar-refractivity contribution is -0.466. The van der Waals surface area contributed by atoms with E-state index in [9.17, 15) is 0 Å².